The fraction of sp³-hybridized carbons (Fsp3) is 0.462. The number of carbonyl (C=O) groups excluding carboxylic acids is 1. The van der Waals surface area contributed by atoms with E-state index in [-0.39, 0.29) is 0 Å². The van der Waals surface area contributed by atoms with Crippen molar-refractivity contribution in [1.29, 1.82) is 0 Å². The standard InChI is InChI=1S/C13H17BrO4S/c1-4-7-18-12-6-5-10(8-11(12)14)13(15)9(2)19(3,16)17/h5-6,8-9H,4,7H2,1-3H3. The lowest BCUT2D eigenvalue weighted by Crippen LogP contribution is -2.26. The van der Waals surface area contributed by atoms with Gasteiger partial charge in [-0.15, -0.1) is 0 Å². The van der Waals surface area contributed by atoms with Gasteiger partial charge in [0.15, 0.2) is 15.6 Å². The van der Waals surface area contributed by atoms with E-state index < -0.39 is 20.9 Å². The summed E-state index contributed by atoms with van der Waals surface area (Å²) in [5.74, 6) is 0.232. The molecule has 0 aliphatic rings. The minimum Gasteiger partial charge on any atom is -0.492 e. The van der Waals surface area contributed by atoms with Crippen LogP contribution < -0.4 is 4.74 Å². The van der Waals surface area contributed by atoms with Gasteiger partial charge in [-0.25, -0.2) is 8.42 Å². The van der Waals surface area contributed by atoms with Gasteiger partial charge in [0, 0.05) is 11.8 Å². The minimum absolute atomic E-state index is 0.355. The van der Waals surface area contributed by atoms with E-state index in [1.807, 2.05) is 6.92 Å². The molecule has 0 radical (unpaired) electrons. The van der Waals surface area contributed by atoms with Crippen molar-refractivity contribution in [3.8, 4) is 5.75 Å². The molecule has 0 aliphatic heterocycles. The van der Waals surface area contributed by atoms with E-state index in [4.69, 9.17) is 4.74 Å². The second-order valence-corrected chi connectivity index (χ2v) is 7.55. The quantitative estimate of drug-likeness (QED) is 0.741. The first-order valence-electron chi connectivity index (χ1n) is 5.92. The maximum absolute atomic E-state index is 12.0. The first-order valence-corrected chi connectivity index (χ1v) is 8.67. The summed E-state index contributed by atoms with van der Waals surface area (Å²) in [5, 5.41) is -1.04. The van der Waals surface area contributed by atoms with Crippen LogP contribution in [0.2, 0.25) is 0 Å². The molecular formula is C13H17BrO4S. The highest BCUT2D eigenvalue weighted by Crippen LogP contribution is 2.27. The molecule has 1 atom stereocenters. The lowest BCUT2D eigenvalue weighted by molar-refractivity contribution is 0.0991. The second-order valence-electron chi connectivity index (χ2n) is 4.33. The van der Waals surface area contributed by atoms with E-state index in [1.54, 1.807) is 18.2 Å². The van der Waals surface area contributed by atoms with Crippen molar-refractivity contribution in [2.45, 2.75) is 25.5 Å². The van der Waals surface area contributed by atoms with Crippen LogP contribution in [0.5, 0.6) is 5.75 Å². The van der Waals surface area contributed by atoms with Crippen molar-refractivity contribution in [1.82, 2.24) is 0 Å². The molecule has 0 heterocycles. The van der Waals surface area contributed by atoms with Crippen LogP contribution >= 0.6 is 15.9 Å². The highest BCUT2D eigenvalue weighted by molar-refractivity contribution is 9.10. The number of ketones is 1. The number of ether oxygens (including phenoxy) is 1. The summed E-state index contributed by atoms with van der Waals surface area (Å²) < 4.78 is 28.9. The smallest absolute Gasteiger partial charge is 0.180 e. The van der Waals surface area contributed by atoms with Gasteiger partial charge >= 0.3 is 0 Å². The second kappa shape index (κ2) is 6.52. The summed E-state index contributed by atoms with van der Waals surface area (Å²) in [6.07, 6.45) is 1.95. The SMILES string of the molecule is CCCOc1ccc(C(=O)C(C)S(C)(=O)=O)cc1Br. The Morgan fingerprint density at radius 3 is 2.53 bits per heavy atom. The van der Waals surface area contributed by atoms with Crippen molar-refractivity contribution >= 4 is 31.6 Å². The summed E-state index contributed by atoms with van der Waals surface area (Å²) in [7, 11) is -3.38. The van der Waals surface area contributed by atoms with Crippen LogP contribution in [0.3, 0.4) is 0 Å². The summed E-state index contributed by atoms with van der Waals surface area (Å²) >= 11 is 3.32. The number of benzene rings is 1. The zero-order valence-electron chi connectivity index (χ0n) is 11.1. The van der Waals surface area contributed by atoms with Crippen LogP contribution in [0.15, 0.2) is 22.7 Å². The van der Waals surface area contributed by atoms with Crippen LogP contribution in [-0.4, -0.2) is 32.3 Å². The molecule has 0 bridgehead atoms. The van der Waals surface area contributed by atoms with Gasteiger partial charge in [-0.1, -0.05) is 6.92 Å². The zero-order valence-corrected chi connectivity index (χ0v) is 13.5. The van der Waals surface area contributed by atoms with E-state index in [0.717, 1.165) is 12.7 Å². The average Bonchev–Trinajstić information content (AvgIpc) is 2.34. The van der Waals surface area contributed by atoms with Gasteiger partial charge in [0.05, 0.1) is 11.1 Å². The molecule has 0 N–H and O–H groups in total. The summed E-state index contributed by atoms with van der Waals surface area (Å²) in [6.45, 7) is 3.98. The molecule has 1 rings (SSSR count). The van der Waals surface area contributed by atoms with Gasteiger partial charge in [-0.2, -0.15) is 0 Å². The van der Waals surface area contributed by atoms with Gasteiger partial charge in [0.25, 0.3) is 0 Å². The zero-order chi connectivity index (χ0) is 14.6. The number of carbonyl (C=O) groups is 1. The van der Waals surface area contributed by atoms with Gasteiger partial charge in [-0.3, -0.25) is 4.79 Å². The molecule has 1 unspecified atom stereocenters. The Morgan fingerprint density at radius 2 is 2.05 bits per heavy atom. The minimum atomic E-state index is -3.38. The Hall–Kier alpha value is -0.880. The Labute approximate surface area is 122 Å². The van der Waals surface area contributed by atoms with E-state index >= 15 is 0 Å². The number of rotatable bonds is 6. The van der Waals surface area contributed by atoms with E-state index in [1.165, 1.54) is 6.92 Å². The van der Waals surface area contributed by atoms with Gasteiger partial charge in [0.2, 0.25) is 0 Å². The van der Waals surface area contributed by atoms with E-state index in [2.05, 4.69) is 15.9 Å². The predicted molar refractivity (Wildman–Crippen MR) is 78.6 cm³/mol. The molecule has 0 amide bonds. The largest absolute Gasteiger partial charge is 0.492 e. The molecule has 0 fully saturated rings. The molecule has 0 saturated carbocycles. The van der Waals surface area contributed by atoms with Crippen molar-refractivity contribution in [2.24, 2.45) is 0 Å². The molecule has 0 aliphatic carbocycles. The molecule has 1 aromatic rings. The summed E-state index contributed by atoms with van der Waals surface area (Å²) in [5.41, 5.74) is 0.355. The Morgan fingerprint density at radius 1 is 1.42 bits per heavy atom. The molecule has 106 valence electrons. The number of sulfone groups is 1. The maximum atomic E-state index is 12.0. The lowest BCUT2D eigenvalue weighted by atomic mass is 10.1. The molecule has 1 aromatic carbocycles. The van der Waals surface area contributed by atoms with Crippen molar-refractivity contribution in [3.05, 3.63) is 28.2 Å². The first-order chi connectivity index (χ1) is 8.77. The number of hydrogen-bond acceptors (Lipinski definition) is 4. The van der Waals surface area contributed by atoms with Crippen molar-refractivity contribution in [2.75, 3.05) is 12.9 Å². The molecule has 0 aromatic heterocycles. The average molecular weight is 349 g/mol. The fourth-order valence-electron chi connectivity index (χ4n) is 1.41. The third kappa shape index (κ3) is 4.31. The number of Topliss-reactive ketones (excluding diaryl/α,β-unsaturated/α-hetero) is 1. The van der Waals surface area contributed by atoms with Gasteiger partial charge in [0.1, 0.15) is 11.0 Å². The van der Waals surface area contributed by atoms with Crippen LogP contribution in [0.4, 0.5) is 0 Å². The highest BCUT2D eigenvalue weighted by Gasteiger charge is 2.25. The molecule has 4 nitrogen and oxygen atoms in total. The van der Waals surface area contributed by atoms with E-state index in [9.17, 15) is 13.2 Å². The summed E-state index contributed by atoms with van der Waals surface area (Å²) in [6, 6.07) is 4.84. The van der Waals surface area contributed by atoms with Gasteiger partial charge < -0.3 is 4.74 Å². The molecular weight excluding hydrogens is 332 g/mol. The Bertz CT molecular complexity index is 566. The van der Waals surface area contributed by atoms with Crippen LogP contribution in [0, 0.1) is 0 Å². The third-order valence-corrected chi connectivity index (χ3v) is 4.81. The van der Waals surface area contributed by atoms with E-state index in [0.29, 0.717) is 22.4 Å². The normalized spacial score (nSPS) is 13.1. The molecule has 0 spiro atoms. The van der Waals surface area contributed by atoms with Crippen molar-refractivity contribution in [3.63, 3.8) is 0 Å². The first kappa shape index (κ1) is 16.2. The van der Waals surface area contributed by atoms with Crippen LogP contribution in [0.1, 0.15) is 30.6 Å². The molecule has 0 saturated heterocycles. The maximum Gasteiger partial charge on any atom is 0.180 e. The summed E-state index contributed by atoms with van der Waals surface area (Å²) in [4.78, 5) is 12.0. The van der Waals surface area contributed by atoms with Crippen LogP contribution in [0.25, 0.3) is 0 Å². The third-order valence-electron chi connectivity index (χ3n) is 2.69. The Balaban J connectivity index is 2.98. The monoisotopic (exact) mass is 348 g/mol. The Kier molecular flexibility index (Phi) is 5.55. The molecule has 6 heteroatoms. The fourth-order valence-corrected chi connectivity index (χ4v) is 2.43. The lowest BCUT2D eigenvalue weighted by Gasteiger charge is -2.11. The highest BCUT2D eigenvalue weighted by atomic mass is 79.9. The number of hydrogen-bond donors (Lipinski definition) is 0. The predicted octanol–water partition coefficient (Wildman–Crippen LogP) is 2.85. The topological polar surface area (TPSA) is 60.4 Å². The molecule has 19 heavy (non-hydrogen) atoms. The number of halogens is 1. The van der Waals surface area contributed by atoms with Crippen molar-refractivity contribution < 1.29 is 17.9 Å². The van der Waals surface area contributed by atoms with Gasteiger partial charge in [-0.05, 0) is 47.5 Å². The van der Waals surface area contributed by atoms with Crippen LogP contribution in [-0.2, 0) is 9.84 Å².